The number of anilines is 1. The van der Waals surface area contributed by atoms with Crippen molar-refractivity contribution in [3.8, 4) is 5.75 Å². The van der Waals surface area contributed by atoms with E-state index in [0.29, 0.717) is 6.04 Å². The van der Waals surface area contributed by atoms with Crippen molar-refractivity contribution >= 4 is 11.4 Å². The Morgan fingerprint density at radius 1 is 0.893 bits per heavy atom. The fourth-order valence-electron chi connectivity index (χ4n) is 4.71. The number of hydrogen-bond acceptors (Lipinski definition) is 5. The number of oxime groups is 1. The monoisotopic (exact) mass is 387 g/mol. The molecular weight excluding hydrogens is 350 g/mol. The van der Waals surface area contributed by atoms with Crippen molar-refractivity contribution in [3.63, 3.8) is 0 Å². The Balaban J connectivity index is 1.63. The van der Waals surface area contributed by atoms with Crippen molar-refractivity contribution in [2.24, 2.45) is 5.16 Å². The maximum absolute atomic E-state index is 9.73. The molecule has 0 aromatic heterocycles. The van der Waals surface area contributed by atoms with Gasteiger partial charge in [-0.2, -0.15) is 0 Å². The van der Waals surface area contributed by atoms with Crippen molar-refractivity contribution in [1.82, 2.24) is 4.90 Å². The number of nitrogens with zero attached hydrogens (tertiary/aromatic N) is 3. The number of piperazine rings is 1. The van der Waals surface area contributed by atoms with Crippen molar-refractivity contribution in [1.29, 1.82) is 0 Å². The van der Waals surface area contributed by atoms with Crippen molar-refractivity contribution < 1.29 is 9.94 Å². The van der Waals surface area contributed by atoms with E-state index in [4.69, 9.17) is 4.74 Å². The molecule has 2 aliphatic rings. The number of methoxy groups -OCH3 is 1. The third-order valence-corrected chi connectivity index (χ3v) is 6.35. The summed E-state index contributed by atoms with van der Waals surface area (Å²) in [6.07, 6.45) is 12.4. The molecule has 1 aliphatic carbocycles. The van der Waals surface area contributed by atoms with Crippen molar-refractivity contribution in [3.05, 3.63) is 24.3 Å². The lowest BCUT2D eigenvalue weighted by Gasteiger charge is -2.41. The van der Waals surface area contributed by atoms with Crippen LogP contribution in [0.1, 0.15) is 64.2 Å². The van der Waals surface area contributed by atoms with Gasteiger partial charge in [0.25, 0.3) is 0 Å². The smallest absolute Gasteiger partial charge is 0.142 e. The Morgan fingerprint density at radius 3 is 2.21 bits per heavy atom. The molecule has 2 fully saturated rings. The zero-order valence-corrected chi connectivity index (χ0v) is 17.5. The molecule has 1 aromatic carbocycles. The van der Waals surface area contributed by atoms with Gasteiger partial charge in [-0.15, -0.1) is 0 Å². The van der Waals surface area contributed by atoms with Crippen LogP contribution in [0.25, 0.3) is 0 Å². The normalized spacial score (nSPS) is 25.1. The van der Waals surface area contributed by atoms with E-state index >= 15 is 0 Å². The van der Waals surface area contributed by atoms with Gasteiger partial charge in [0, 0.05) is 26.2 Å². The van der Waals surface area contributed by atoms with E-state index < -0.39 is 0 Å². The van der Waals surface area contributed by atoms with Gasteiger partial charge in [-0.25, -0.2) is 0 Å². The minimum atomic E-state index is 0.296. The predicted octanol–water partition coefficient (Wildman–Crippen LogP) is 4.93. The Kier molecular flexibility index (Phi) is 8.46. The van der Waals surface area contributed by atoms with Crippen LogP contribution >= 0.6 is 0 Å². The summed E-state index contributed by atoms with van der Waals surface area (Å²) < 4.78 is 5.55. The zero-order chi connectivity index (χ0) is 19.6. The third kappa shape index (κ3) is 5.63. The van der Waals surface area contributed by atoms with Gasteiger partial charge in [-0.1, -0.05) is 62.2 Å². The van der Waals surface area contributed by atoms with Crippen molar-refractivity contribution in [2.75, 3.05) is 38.2 Å². The lowest BCUT2D eigenvalue weighted by molar-refractivity contribution is 0.207. The van der Waals surface area contributed by atoms with Crippen LogP contribution in [-0.2, 0) is 0 Å². The van der Waals surface area contributed by atoms with Gasteiger partial charge < -0.3 is 14.8 Å². The zero-order valence-electron chi connectivity index (χ0n) is 17.5. The Hall–Kier alpha value is -1.75. The Morgan fingerprint density at radius 2 is 1.54 bits per heavy atom. The molecule has 3 rings (SSSR count). The van der Waals surface area contributed by atoms with Gasteiger partial charge >= 0.3 is 0 Å². The Bertz CT molecular complexity index is 612. The van der Waals surface area contributed by atoms with E-state index in [0.717, 1.165) is 56.9 Å². The molecule has 1 saturated heterocycles. The van der Waals surface area contributed by atoms with Crippen LogP contribution < -0.4 is 9.64 Å². The van der Waals surface area contributed by atoms with Gasteiger partial charge in [-0.3, -0.25) is 4.90 Å². The minimum Gasteiger partial charge on any atom is -0.495 e. The molecule has 1 atom stereocenters. The maximum Gasteiger partial charge on any atom is 0.142 e. The highest BCUT2D eigenvalue weighted by Crippen LogP contribution is 2.29. The molecule has 1 aromatic rings. The molecule has 1 aliphatic heterocycles. The van der Waals surface area contributed by atoms with Crippen molar-refractivity contribution in [2.45, 2.75) is 70.3 Å². The molecule has 0 bridgehead atoms. The topological polar surface area (TPSA) is 48.3 Å². The summed E-state index contributed by atoms with van der Waals surface area (Å²) in [6, 6.07) is 8.57. The molecule has 28 heavy (non-hydrogen) atoms. The van der Waals surface area contributed by atoms with E-state index in [1.54, 1.807) is 7.11 Å². The maximum atomic E-state index is 9.73. The van der Waals surface area contributed by atoms with Gasteiger partial charge in [0.15, 0.2) is 0 Å². The van der Waals surface area contributed by atoms with Gasteiger partial charge in [0.05, 0.1) is 24.6 Å². The first-order valence-electron chi connectivity index (χ1n) is 11.2. The number of hydrogen-bond donors (Lipinski definition) is 1. The quantitative estimate of drug-likeness (QED) is 0.590. The van der Waals surface area contributed by atoms with Crippen LogP contribution in [-0.4, -0.2) is 55.1 Å². The summed E-state index contributed by atoms with van der Waals surface area (Å²) in [7, 11) is 1.74. The average molecular weight is 388 g/mol. The molecule has 0 radical (unpaired) electrons. The van der Waals surface area contributed by atoms with Gasteiger partial charge in [0.1, 0.15) is 5.75 Å². The first-order valence-corrected chi connectivity index (χ1v) is 11.2. The SMILES string of the molecule is COc1ccccc1N1CCN([C@@H]2CCCCCCCCCC/C2=N\O)CC1. The number of ether oxygens (including phenoxy) is 1. The average Bonchev–Trinajstić information content (AvgIpc) is 2.74. The second-order valence-corrected chi connectivity index (χ2v) is 8.17. The summed E-state index contributed by atoms with van der Waals surface area (Å²) in [6.45, 7) is 3.97. The molecule has 1 N–H and O–H groups in total. The highest BCUT2D eigenvalue weighted by Gasteiger charge is 2.28. The second-order valence-electron chi connectivity index (χ2n) is 8.17. The van der Waals surface area contributed by atoms with E-state index in [1.165, 1.54) is 50.6 Å². The van der Waals surface area contributed by atoms with E-state index in [2.05, 4.69) is 27.1 Å². The van der Waals surface area contributed by atoms with E-state index in [1.807, 2.05) is 12.1 Å². The van der Waals surface area contributed by atoms with E-state index in [9.17, 15) is 5.21 Å². The van der Waals surface area contributed by atoms with Crippen LogP contribution in [0, 0.1) is 0 Å². The first kappa shape index (κ1) is 21.0. The molecule has 0 spiro atoms. The molecule has 0 amide bonds. The fraction of sp³-hybridized carbons (Fsp3) is 0.696. The van der Waals surface area contributed by atoms with Crippen LogP contribution in [0.15, 0.2) is 29.4 Å². The summed E-state index contributed by atoms with van der Waals surface area (Å²) in [5.74, 6) is 0.944. The predicted molar refractivity (Wildman–Crippen MR) is 116 cm³/mol. The molecule has 5 heteroatoms. The summed E-state index contributed by atoms with van der Waals surface area (Å²) in [5, 5.41) is 13.5. The number of rotatable bonds is 3. The molecule has 1 saturated carbocycles. The van der Waals surface area contributed by atoms with Crippen LogP contribution in [0.5, 0.6) is 5.75 Å². The summed E-state index contributed by atoms with van der Waals surface area (Å²) in [4.78, 5) is 4.97. The van der Waals surface area contributed by atoms with Gasteiger partial charge in [0.2, 0.25) is 0 Å². The molecule has 0 unspecified atom stereocenters. The third-order valence-electron chi connectivity index (χ3n) is 6.35. The Labute approximate surface area is 170 Å². The highest BCUT2D eigenvalue weighted by molar-refractivity contribution is 5.89. The summed E-state index contributed by atoms with van der Waals surface area (Å²) >= 11 is 0. The van der Waals surface area contributed by atoms with E-state index in [-0.39, 0.29) is 0 Å². The lowest BCUT2D eigenvalue weighted by atomic mass is 9.95. The fourth-order valence-corrected chi connectivity index (χ4v) is 4.71. The first-order chi connectivity index (χ1) is 13.8. The number of para-hydroxylation sites is 2. The molecule has 156 valence electrons. The van der Waals surface area contributed by atoms with Crippen LogP contribution in [0.3, 0.4) is 0 Å². The van der Waals surface area contributed by atoms with Crippen LogP contribution in [0.2, 0.25) is 0 Å². The molecule has 5 nitrogen and oxygen atoms in total. The second kappa shape index (κ2) is 11.3. The molecular formula is C23H37N3O2. The minimum absolute atomic E-state index is 0.296. The largest absolute Gasteiger partial charge is 0.495 e. The number of benzene rings is 1. The standard InChI is InChI=1S/C23H37N3O2/c1-28-23-15-11-10-14-22(23)26-18-16-25(17-19-26)21-13-9-7-5-3-2-4-6-8-12-20(21)24-27/h10-11,14-15,21,27H,2-9,12-13,16-19H2,1H3/b24-20+/t21-/m1/s1. The van der Waals surface area contributed by atoms with Gasteiger partial charge in [-0.05, 0) is 31.4 Å². The van der Waals surface area contributed by atoms with Crippen LogP contribution in [0.4, 0.5) is 5.69 Å². The highest BCUT2D eigenvalue weighted by atomic mass is 16.5. The molecule has 1 heterocycles. The summed E-state index contributed by atoms with van der Waals surface area (Å²) in [5.41, 5.74) is 2.19. The lowest BCUT2D eigenvalue weighted by Crippen LogP contribution is -2.52.